The van der Waals surface area contributed by atoms with Gasteiger partial charge in [0.05, 0.1) is 16.1 Å². The Hall–Kier alpha value is -2.71. The first-order chi connectivity index (χ1) is 12.0. The zero-order valence-electron chi connectivity index (χ0n) is 12.6. The molecule has 2 heterocycles. The molecule has 0 bridgehead atoms. The minimum absolute atomic E-state index is 0.0187. The molecule has 3 aromatic rings. The van der Waals surface area contributed by atoms with Gasteiger partial charge in [0.2, 0.25) is 0 Å². The van der Waals surface area contributed by atoms with Crippen molar-refractivity contribution >= 4 is 27.5 Å². The standard InChI is InChI=1S/C16H10ClN3O4S/c17-12-7-3-1-5-10(12)15-18-14(19-24-15)9-20-16(21)11-6-2-4-8-13(11)25(20,22)23/h1-8H,9H2. The average molecular weight is 376 g/mol. The minimum atomic E-state index is -3.92. The first kappa shape index (κ1) is 15.8. The van der Waals surface area contributed by atoms with Gasteiger partial charge >= 0.3 is 0 Å². The van der Waals surface area contributed by atoms with Crippen molar-refractivity contribution in [1.29, 1.82) is 0 Å². The van der Waals surface area contributed by atoms with Crippen LogP contribution in [0.5, 0.6) is 0 Å². The molecule has 0 unspecified atom stereocenters. The van der Waals surface area contributed by atoms with Crippen LogP contribution in [0.2, 0.25) is 5.02 Å². The third-order valence-corrected chi connectivity index (χ3v) is 5.89. The average Bonchev–Trinajstić information content (AvgIpc) is 3.14. The molecule has 1 amide bonds. The Morgan fingerprint density at radius 1 is 1.04 bits per heavy atom. The van der Waals surface area contributed by atoms with Gasteiger partial charge in [-0.15, -0.1) is 0 Å². The highest BCUT2D eigenvalue weighted by molar-refractivity contribution is 7.90. The number of fused-ring (bicyclic) bond motifs is 1. The summed E-state index contributed by atoms with van der Waals surface area (Å²) in [7, 11) is -3.92. The summed E-state index contributed by atoms with van der Waals surface area (Å²) in [6, 6.07) is 12.9. The van der Waals surface area contributed by atoms with E-state index in [1.807, 2.05) is 0 Å². The molecule has 0 N–H and O–H groups in total. The Bertz CT molecular complexity index is 1090. The quantitative estimate of drug-likeness (QED) is 0.698. The zero-order valence-corrected chi connectivity index (χ0v) is 14.2. The topological polar surface area (TPSA) is 93.4 Å². The highest BCUT2D eigenvalue weighted by atomic mass is 35.5. The summed E-state index contributed by atoms with van der Waals surface area (Å²) in [4.78, 5) is 16.5. The summed E-state index contributed by atoms with van der Waals surface area (Å²) in [5, 5.41) is 4.18. The van der Waals surface area contributed by atoms with Gasteiger partial charge in [-0.3, -0.25) is 4.79 Å². The van der Waals surface area contributed by atoms with Gasteiger partial charge in [-0.25, -0.2) is 12.7 Å². The first-order valence-corrected chi connectivity index (χ1v) is 9.04. The summed E-state index contributed by atoms with van der Waals surface area (Å²) in [6.07, 6.45) is 0. The van der Waals surface area contributed by atoms with Crippen molar-refractivity contribution in [3.63, 3.8) is 0 Å². The summed E-state index contributed by atoms with van der Waals surface area (Å²) in [6.45, 7) is -0.316. The summed E-state index contributed by atoms with van der Waals surface area (Å²) in [5.41, 5.74) is 0.666. The van der Waals surface area contributed by atoms with Crippen LogP contribution in [0, 0.1) is 0 Å². The van der Waals surface area contributed by atoms with Gasteiger partial charge in [-0.1, -0.05) is 41.0 Å². The van der Waals surface area contributed by atoms with Crippen molar-refractivity contribution in [2.75, 3.05) is 0 Å². The number of hydrogen-bond acceptors (Lipinski definition) is 6. The SMILES string of the molecule is O=C1c2ccccc2S(=O)(=O)N1Cc1noc(-c2ccccc2Cl)n1. The molecule has 0 saturated heterocycles. The number of carbonyl (C=O) groups is 1. The monoisotopic (exact) mass is 375 g/mol. The minimum Gasteiger partial charge on any atom is -0.334 e. The number of aromatic nitrogens is 2. The molecule has 126 valence electrons. The highest BCUT2D eigenvalue weighted by Gasteiger charge is 2.41. The molecule has 0 radical (unpaired) electrons. The lowest BCUT2D eigenvalue weighted by Gasteiger charge is -2.11. The number of carbonyl (C=O) groups excluding carboxylic acids is 1. The molecule has 2 aromatic carbocycles. The number of hydrogen-bond donors (Lipinski definition) is 0. The second kappa shape index (κ2) is 5.68. The second-order valence-electron chi connectivity index (χ2n) is 5.31. The number of rotatable bonds is 3. The molecule has 4 rings (SSSR count). The van der Waals surface area contributed by atoms with E-state index in [-0.39, 0.29) is 28.7 Å². The fourth-order valence-electron chi connectivity index (χ4n) is 2.58. The molecule has 0 spiro atoms. The van der Waals surface area contributed by atoms with Crippen molar-refractivity contribution in [2.24, 2.45) is 0 Å². The lowest BCUT2D eigenvalue weighted by atomic mass is 10.2. The van der Waals surface area contributed by atoms with Gasteiger partial charge in [0.15, 0.2) is 5.82 Å². The summed E-state index contributed by atoms with van der Waals surface area (Å²) < 4.78 is 30.9. The Morgan fingerprint density at radius 2 is 1.72 bits per heavy atom. The van der Waals surface area contributed by atoms with Gasteiger partial charge in [0.25, 0.3) is 21.8 Å². The normalized spacial score (nSPS) is 15.4. The van der Waals surface area contributed by atoms with E-state index in [0.29, 0.717) is 10.6 Å². The molecule has 0 atom stereocenters. The Balaban J connectivity index is 1.67. The maximum atomic E-state index is 12.5. The van der Waals surface area contributed by atoms with Gasteiger partial charge in [-0.2, -0.15) is 4.98 Å². The molecular weight excluding hydrogens is 366 g/mol. The fraction of sp³-hybridized carbons (Fsp3) is 0.0625. The van der Waals surface area contributed by atoms with Crippen molar-refractivity contribution in [3.8, 4) is 11.5 Å². The second-order valence-corrected chi connectivity index (χ2v) is 7.55. The lowest BCUT2D eigenvalue weighted by molar-refractivity contribution is 0.0862. The predicted octanol–water partition coefficient (Wildman–Crippen LogP) is 2.73. The maximum absolute atomic E-state index is 12.5. The van der Waals surface area contributed by atoms with Crippen LogP contribution in [0.4, 0.5) is 0 Å². The van der Waals surface area contributed by atoms with Crippen molar-refractivity contribution in [3.05, 3.63) is 64.9 Å². The molecule has 0 fully saturated rings. The molecule has 0 saturated carbocycles. The van der Waals surface area contributed by atoms with E-state index in [1.165, 1.54) is 12.1 Å². The number of sulfonamides is 1. The van der Waals surface area contributed by atoms with Crippen LogP contribution in [0.25, 0.3) is 11.5 Å². The van der Waals surface area contributed by atoms with Crippen molar-refractivity contribution < 1.29 is 17.7 Å². The van der Waals surface area contributed by atoms with E-state index in [0.717, 1.165) is 4.31 Å². The highest BCUT2D eigenvalue weighted by Crippen LogP contribution is 2.31. The van der Waals surface area contributed by atoms with Crippen LogP contribution in [0.3, 0.4) is 0 Å². The maximum Gasteiger partial charge on any atom is 0.269 e. The van der Waals surface area contributed by atoms with E-state index in [2.05, 4.69) is 10.1 Å². The zero-order chi connectivity index (χ0) is 17.6. The Labute approximate surface area is 147 Å². The van der Waals surface area contributed by atoms with Gasteiger partial charge < -0.3 is 4.52 Å². The van der Waals surface area contributed by atoms with Crippen molar-refractivity contribution in [1.82, 2.24) is 14.4 Å². The van der Waals surface area contributed by atoms with Crippen LogP contribution >= 0.6 is 11.6 Å². The van der Waals surface area contributed by atoms with E-state index < -0.39 is 15.9 Å². The van der Waals surface area contributed by atoms with Gasteiger partial charge in [-0.05, 0) is 24.3 Å². The van der Waals surface area contributed by atoms with Crippen LogP contribution in [-0.4, -0.2) is 28.8 Å². The molecule has 1 aliphatic heterocycles. The number of halogens is 1. The Kier molecular flexibility index (Phi) is 3.59. The largest absolute Gasteiger partial charge is 0.334 e. The smallest absolute Gasteiger partial charge is 0.269 e. The van der Waals surface area contributed by atoms with E-state index >= 15 is 0 Å². The lowest BCUT2D eigenvalue weighted by Crippen LogP contribution is -2.29. The van der Waals surface area contributed by atoms with Crippen LogP contribution in [0.15, 0.2) is 57.9 Å². The fourth-order valence-corrected chi connectivity index (χ4v) is 4.32. The molecular formula is C16H10ClN3O4S. The Morgan fingerprint density at radius 3 is 2.44 bits per heavy atom. The molecule has 9 heteroatoms. The van der Waals surface area contributed by atoms with E-state index in [9.17, 15) is 13.2 Å². The summed E-state index contributed by atoms with van der Waals surface area (Å²) in [5.74, 6) is -0.387. The third kappa shape index (κ3) is 2.50. The molecule has 1 aliphatic rings. The van der Waals surface area contributed by atoms with Crippen molar-refractivity contribution in [2.45, 2.75) is 11.4 Å². The molecule has 0 aliphatic carbocycles. The number of amides is 1. The van der Waals surface area contributed by atoms with Gasteiger partial charge in [0, 0.05) is 0 Å². The first-order valence-electron chi connectivity index (χ1n) is 7.22. The third-order valence-electron chi connectivity index (χ3n) is 3.77. The number of nitrogens with zero attached hydrogens (tertiary/aromatic N) is 3. The van der Waals surface area contributed by atoms with E-state index in [4.69, 9.17) is 16.1 Å². The molecule has 1 aromatic heterocycles. The van der Waals surface area contributed by atoms with Gasteiger partial charge in [0.1, 0.15) is 11.4 Å². The molecule has 25 heavy (non-hydrogen) atoms. The summed E-state index contributed by atoms with van der Waals surface area (Å²) >= 11 is 6.08. The predicted molar refractivity (Wildman–Crippen MR) is 88.2 cm³/mol. The molecule has 7 nitrogen and oxygen atoms in total. The van der Waals surface area contributed by atoms with Crippen LogP contribution in [0.1, 0.15) is 16.2 Å². The van der Waals surface area contributed by atoms with E-state index in [1.54, 1.807) is 36.4 Å². The van der Waals surface area contributed by atoms with Crippen LogP contribution < -0.4 is 0 Å². The number of benzene rings is 2. The van der Waals surface area contributed by atoms with Crippen LogP contribution in [-0.2, 0) is 16.6 Å².